The van der Waals surface area contributed by atoms with Crippen LogP contribution in [0.4, 0.5) is 10.8 Å². The molecule has 2 rings (SSSR count). The van der Waals surface area contributed by atoms with Crippen LogP contribution in [0.15, 0.2) is 22.7 Å². The predicted molar refractivity (Wildman–Crippen MR) is 76.0 cm³/mol. The molecule has 2 aromatic rings. The molecule has 1 aromatic heterocycles. The second kappa shape index (κ2) is 5.07. The summed E-state index contributed by atoms with van der Waals surface area (Å²) in [6, 6.07) is 5.84. The van der Waals surface area contributed by atoms with E-state index in [1.165, 1.54) is 0 Å². The molecule has 0 unspecified atom stereocenters. The van der Waals surface area contributed by atoms with Gasteiger partial charge in [-0.15, -0.1) is 0 Å². The van der Waals surface area contributed by atoms with Gasteiger partial charge in [0.25, 0.3) is 0 Å². The fraction of sp³-hybridized carbons (Fsp3) is 0.167. The van der Waals surface area contributed by atoms with E-state index in [4.69, 9.17) is 5.11 Å². The number of carbonyl (C=O) groups is 1. The largest absolute Gasteiger partial charge is 0.477 e. The Balaban J connectivity index is 2.29. The van der Waals surface area contributed by atoms with E-state index in [1.807, 2.05) is 25.1 Å². The molecule has 1 heterocycles. The fourth-order valence-electron chi connectivity index (χ4n) is 1.53. The molecule has 0 saturated carbocycles. The van der Waals surface area contributed by atoms with Crippen LogP contribution in [0.25, 0.3) is 0 Å². The first-order chi connectivity index (χ1) is 8.47. The Hall–Kier alpha value is -1.40. The maximum Gasteiger partial charge on any atom is 0.347 e. The summed E-state index contributed by atoms with van der Waals surface area (Å²) < 4.78 is 1.01. The topological polar surface area (TPSA) is 62.2 Å². The summed E-state index contributed by atoms with van der Waals surface area (Å²) >= 11 is 4.54. The zero-order valence-electron chi connectivity index (χ0n) is 9.82. The number of thiazole rings is 1. The molecule has 0 aliphatic rings. The third-order valence-corrected chi connectivity index (χ3v) is 3.97. The molecule has 0 aliphatic carbocycles. The fourth-order valence-corrected chi connectivity index (χ4v) is 2.82. The second-order valence-electron chi connectivity index (χ2n) is 3.82. The highest BCUT2D eigenvalue weighted by atomic mass is 79.9. The Bertz CT molecular complexity index is 610. The molecule has 0 fully saturated rings. The molecule has 0 bridgehead atoms. The van der Waals surface area contributed by atoms with Crippen LogP contribution >= 0.6 is 27.3 Å². The van der Waals surface area contributed by atoms with Crippen LogP contribution in [0.2, 0.25) is 0 Å². The van der Waals surface area contributed by atoms with Gasteiger partial charge >= 0.3 is 5.97 Å². The molecule has 0 aliphatic heterocycles. The number of hydrogen-bond acceptors (Lipinski definition) is 4. The van der Waals surface area contributed by atoms with Crippen molar-refractivity contribution in [3.05, 3.63) is 38.8 Å². The van der Waals surface area contributed by atoms with Gasteiger partial charge in [0.2, 0.25) is 0 Å². The summed E-state index contributed by atoms with van der Waals surface area (Å²) in [7, 11) is 0. The van der Waals surface area contributed by atoms with Gasteiger partial charge in [-0.1, -0.05) is 27.3 Å². The maximum absolute atomic E-state index is 10.9. The van der Waals surface area contributed by atoms with Crippen molar-refractivity contribution in [3.63, 3.8) is 0 Å². The first-order valence-electron chi connectivity index (χ1n) is 5.21. The Morgan fingerprint density at radius 1 is 1.44 bits per heavy atom. The van der Waals surface area contributed by atoms with Crippen molar-refractivity contribution in [2.24, 2.45) is 0 Å². The Morgan fingerprint density at radius 2 is 2.17 bits per heavy atom. The minimum absolute atomic E-state index is 0.271. The molecule has 0 radical (unpaired) electrons. The van der Waals surface area contributed by atoms with Crippen LogP contribution in [0, 0.1) is 13.8 Å². The number of halogens is 1. The number of nitrogens with one attached hydrogen (secondary N) is 1. The normalized spacial score (nSPS) is 10.4. The van der Waals surface area contributed by atoms with Crippen LogP contribution in [0.5, 0.6) is 0 Å². The van der Waals surface area contributed by atoms with Gasteiger partial charge < -0.3 is 10.4 Å². The number of nitrogens with zero attached hydrogens (tertiary/aromatic N) is 1. The second-order valence-corrected chi connectivity index (χ2v) is 5.74. The Labute approximate surface area is 117 Å². The highest BCUT2D eigenvalue weighted by molar-refractivity contribution is 9.10. The molecule has 0 atom stereocenters. The van der Waals surface area contributed by atoms with Gasteiger partial charge in [-0.3, -0.25) is 0 Å². The SMILES string of the molecule is Cc1cc(Br)ccc1Nc1nc(C)c(C(=O)O)s1. The third kappa shape index (κ3) is 2.70. The van der Waals surface area contributed by atoms with Crippen molar-refractivity contribution >= 4 is 44.1 Å². The third-order valence-electron chi connectivity index (χ3n) is 2.42. The van der Waals surface area contributed by atoms with Crippen LogP contribution in [-0.4, -0.2) is 16.1 Å². The summed E-state index contributed by atoms with van der Waals surface area (Å²) in [4.78, 5) is 15.4. The Kier molecular flexibility index (Phi) is 3.68. The standard InChI is InChI=1S/C12H11BrN2O2S/c1-6-5-8(13)3-4-9(6)15-12-14-7(2)10(18-12)11(16)17/h3-5H,1-2H3,(H,14,15)(H,16,17). The molecule has 18 heavy (non-hydrogen) atoms. The molecule has 1 aromatic carbocycles. The zero-order chi connectivity index (χ0) is 13.3. The summed E-state index contributed by atoms with van der Waals surface area (Å²) in [5.74, 6) is -0.939. The maximum atomic E-state index is 10.9. The molecule has 2 N–H and O–H groups in total. The molecular formula is C12H11BrN2O2S. The average molecular weight is 327 g/mol. The number of carboxylic acid groups (broad SMARTS) is 1. The molecule has 0 saturated heterocycles. The van der Waals surface area contributed by atoms with Crippen molar-refractivity contribution in [2.45, 2.75) is 13.8 Å². The van der Waals surface area contributed by atoms with Gasteiger partial charge in [-0.05, 0) is 37.6 Å². The van der Waals surface area contributed by atoms with Gasteiger partial charge in [0.1, 0.15) is 4.88 Å². The first-order valence-corrected chi connectivity index (χ1v) is 6.82. The first kappa shape index (κ1) is 13.0. The van der Waals surface area contributed by atoms with E-state index in [-0.39, 0.29) is 4.88 Å². The number of aromatic carboxylic acids is 1. The number of aromatic nitrogens is 1. The van der Waals surface area contributed by atoms with Crippen molar-refractivity contribution in [1.82, 2.24) is 4.98 Å². The van der Waals surface area contributed by atoms with E-state index in [2.05, 4.69) is 26.2 Å². The lowest BCUT2D eigenvalue weighted by Gasteiger charge is -2.06. The lowest BCUT2D eigenvalue weighted by atomic mass is 10.2. The minimum Gasteiger partial charge on any atom is -0.477 e. The quantitative estimate of drug-likeness (QED) is 0.896. The van der Waals surface area contributed by atoms with Crippen LogP contribution in [0.3, 0.4) is 0 Å². The highest BCUT2D eigenvalue weighted by Gasteiger charge is 2.14. The van der Waals surface area contributed by atoms with Crippen molar-refractivity contribution in [2.75, 3.05) is 5.32 Å². The van der Waals surface area contributed by atoms with Gasteiger partial charge in [0, 0.05) is 10.2 Å². The zero-order valence-corrected chi connectivity index (χ0v) is 12.2. The molecule has 94 valence electrons. The Morgan fingerprint density at radius 3 is 2.72 bits per heavy atom. The summed E-state index contributed by atoms with van der Waals surface area (Å²) in [5, 5.41) is 12.7. The van der Waals surface area contributed by atoms with E-state index in [9.17, 15) is 4.79 Å². The van der Waals surface area contributed by atoms with Crippen molar-refractivity contribution in [3.8, 4) is 0 Å². The predicted octanol–water partition coefficient (Wildman–Crippen LogP) is 3.96. The van der Waals surface area contributed by atoms with Gasteiger partial charge in [-0.25, -0.2) is 9.78 Å². The smallest absolute Gasteiger partial charge is 0.347 e. The summed E-state index contributed by atoms with van der Waals surface area (Å²) in [6.07, 6.45) is 0. The van der Waals surface area contributed by atoms with E-state index >= 15 is 0 Å². The summed E-state index contributed by atoms with van der Waals surface area (Å²) in [5.41, 5.74) is 2.52. The molecule has 0 spiro atoms. The van der Waals surface area contributed by atoms with Crippen LogP contribution < -0.4 is 5.32 Å². The number of benzene rings is 1. The van der Waals surface area contributed by atoms with Crippen LogP contribution in [-0.2, 0) is 0 Å². The average Bonchev–Trinajstić information content (AvgIpc) is 2.64. The van der Waals surface area contributed by atoms with Crippen molar-refractivity contribution < 1.29 is 9.90 Å². The van der Waals surface area contributed by atoms with Gasteiger partial charge in [0.15, 0.2) is 5.13 Å². The van der Waals surface area contributed by atoms with E-state index in [0.29, 0.717) is 10.8 Å². The number of rotatable bonds is 3. The lowest BCUT2D eigenvalue weighted by Crippen LogP contribution is -1.94. The van der Waals surface area contributed by atoms with E-state index < -0.39 is 5.97 Å². The number of carboxylic acids is 1. The summed E-state index contributed by atoms with van der Waals surface area (Å²) in [6.45, 7) is 3.67. The van der Waals surface area contributed by atoms with Crippen LogP contribution in [0.1, 0.15) is 20.9 Å². The number of aryl methyl sites for hydroxylation is 2. The molecular weight excluding hydrogens is 316 g/mol. The highest BCUT2D eigenvalue weighted by Crippen LogP contribution is 2.28. The monoisotopic (exact) mass is 326 g/mol. The number of hydrogen-bond donors (Lipinski definition) is 2. The lowest BCUT2D eigenvalue weighted by molar-refractivity contribution is 0.0701. The molecule has 0 amide bonds. The molecule has 4 nitrogen and oxygen atoms in total. The van der Waals surface area contributed by atoms with Gasteiger partial charge in [0.05, 0.1) is 5.69 Å². The van der Waals surface area contributed by atoms with Crippen molar-refractivity contribution in [1.29, 1.82) is 0 Å². The van der Waals surface area contributed by atoms with E-state index in [0.717, 1.165) is 27.1 Å². The minimum atomic E-state index is -0.939. The van der Waals surface area contributed by atoms with E-state index in [1.54, 1.807) is 6.92 Å². The molecule has 6 heteroatoms. The number of anilines is 2. The van der Waals surface area contributed by atoms with Gasteiger partial charge in [-0.2, -0.15) is 0 Å².